The zero-order valence-electron chi connectivity index (χ0n) is 18.2. The van der Waals surface area contributed by atoms with Gasteiger partial charge in [-0.25, -0.2) is 4.72 Å². The van der Waals surface area contributed by atoms with Crippen LogP contribution < -0.4 is 21.9 Å². The molecule has 0 radical (unpaired) electrons. The van der Waals surface area contributed by atoms with E-state index in [0.29, 0.717) is 30.7 Å². The number of carboxylic acids is 2. The zero-order chi connectivity index (χ0) is 25.5. The molecule has 34 heavy (non-hydrogen) atoms. The number of carbonyl (C=O) groups is 2. The fourth-order valence-electron chi connectivity index (χ4n) is 2.50. The van der Waals surface area contributed by atoms with Crippen LogP contribution in [0.5, 0.6) is 0 Å². The number of nitrogens with two attached hydrogens (primary N) is 3. The number of hydrogen-bond donors (Lipinski definition) is 6. The second kappa shape index (κ2) is 15.2. The van der Waals surface area contributed by atoms with Crippen molar-refractivity contribution in [1.82, 2.24) is 4.72 Å². The van der Waals surface area contributed by atoms with Crippen LogP contribution in [0, 0.1) is 10.1 Å². The van der Waals surface area contributed by atoms with Gasteiger partial charge in [-0.1, -0.05) is 42.5 Å². The minimum Gasteiger partial charge on any atom is -0.480 e. The van der Waals surface area contributed by atoms with E-state index in [4.69, 9.17) is 22.3 Å². The monoisotopic (exact) mass is 492 g/mol. The number of aliphatic imine (C=N–C) groups is 1. The highest BCUT2D eigenvalue weighted by molar-refractivity contribution is 7.97. The van der Waals surface area contributed by atoms with E-state index < -0.39 is 28.9 Å². The quantitative estimate of drug-likeness (QED) is 0.0619. The molecule has 0 saturated heterocycles. The molecular weight excluding hydrogens is 464 g/mol. The molecule has 0 saturated carbocycles. The van der Waals surface area contributed by atoms with Gasteiger partial charge in [0, 0.05) is 12.6 Å². The van der Waals surface area contributed by atoms with Gasteiger partial charge in [0.15, 0.2) is 5.96 Å². The average Bonchev–Trinajstić information content (AvgIpc) is 2.80. The molecule has 184 valence electrons. The first-order valence-corrected chi connectivity index (χ1v) is 10.9. The number of guanidine groups is 1. The molecule has 0 amide bonds. The van der Waals surface area contributed by atoms with E-state index in [0.717, 1.165) is 17.5 Å². The van der Waals surface area contributed by atoms with E-state index in [1.54, 1.807) is 18.2 Å². The lowest BCUT2D eigenvalue weighted by Crippen LogP contribution is -2.34. The van der Waals surface area contributed by atoms with E-state index in [1.165, 1.54) is 6.07 Å². The van der Waals surface area contributed by atoms with Crippen molar-refractivity contribution in [3.63, 3.8) is 0 Å². The van der Waals surface area contributed by atoms with Crippen LogP contribution in [0.2, 0.25) is 0 Å². The number of rotatable bonds is 12. The number of para-hydroxylation sites is 1. The topological polar surface area (TPSA) is 220 Å². The standard InChI is InChI=1S/C15H14N2O4S.C6H14N4O2/c18-15(19)12(10-11-6-2-1-3-7-11)16-22-14-9-5-4-8-13(14)17(20)21;7-4(5(11)12)2-1-3-10-6(8)9/h1-9,12,16H,10H2,(H,18,19);4H,1-3,7H2,(H,11,12)(H4,8,9,10)/t12-;4-/m00/s1. The third-order valence-corrected chi connectivity index (χ3v) is 5.21. The Morgan fingerprint density at radius 3 is 2.24 bits per heavy atom. The molecule has 2 atom stereocenters. The van der Waals surface area contributed by atoms with Gasteiger partial charge in [0.25, 0.3) is 5.69 Å². The third kappa shape index (κ3) is 11.3. The number of nitrogens with zero attached hydrogens (tertiary/aromatic N) is 2. The Labute approximate surface area is 200 Å². The number of nitro groups is 1. The Hall–Kier alpha value is -3.68. The first-order chi connectivity index (χ1) is 16.1. The summed E-state index contributed by atoms with van der Waals surface area (Å²) in [5.74, 6) is -1.99. The highest BCUT2D eigenvalue weighted by Gasteiger charge is 2.20. The molecule has 0 bridgehead atoms. The number of nitrogens with one attached hydrogen (secondary N) is 1. The van der Waals surface area contributed by atoms with Crippen LogP contribution in [-0.2, 0) is 16.0 Å². The van der Waals surface area contributed by atoms with Crippen molar-refractivity contribution in [2.24, 2.45) is 22.2 Å². The maximum Gasteiger partial charge on any atom is 0.321 e. The smallest absolute Gasteiger partial charge is 0.321 e. The highest BCUT2D eigenvalue weighted by atomic mass is 32.2. The normalized spacial score (nSPS) is 11.9. The molecule has 0 aliphatic carbocycles. The largest absolute Gasteiger partial charge is 0.480 e. The lowest BCUT2D eigenvalue weighted by molar-refractivity contribution is -0.387. The van der Waals surface area contributed by atoms with Gasteiger partial charge in [0.2, 0.25) is 0 Å². The fraction of sp³-hybridized carbons (Fsp3) is 0.286. The van der Waals surface area contributed by atoms with Crippen LogP contribution in [0.25, 0.3) is 0 Å². The third-order valence-electron chi connectivity index (χ3n) is 4.24. The Kier molecular flexibility index (Phi) is 12.7. The molecule has 0 heterocycles. The lowest BCUT2D eigenvalue weighted by Gasteiger charge is -2.13. The molecule has 12 nitrogen and oxygen atoms in total. The molecule has 9 N–H and O–H groups in total. The van der Waals surface area contributed by atoms with Crippen molar-refractivity contribution < 1.29 is 24.7 Å². The number of nitro benzene ring substituents is 1. The van der Waals surface area contributed by atoms with Gasteiger partial charge in [-0.3, -0.25) is 24.7 Å². The first kappa shape index (κ1) is 28.4. The summed E-state index contributed by atoms with van der Waals surface area (Å²) >= 11 is 0.959. The first-order valence-electron chi connectivity index (χ1n) is 10.1. The van der Waals surface area contributed by atoms with Crippen molar-refractivity contribution in [2.45, 2.75) is 36.2 Å². The maximum atomic E-state index is 11.3. The van der Waals surface area contributed by atoms with Gasteiger partial charge in [0.05, 0.1) is 4.92 Å². The number of aliphatic carboxylic acids is 2. The second-order valence-corrected chi connectivity index (χ2v) is 7.80. The van der Waals surface area contributed by atoms with Crippen LogP contribution in [0.15, 0.2) is 64.5 Å². The predicted octanol–water partition coefficient (Wildman–Crippen LogP) is 1.34. The Morgan fingerprint density at radius 1 is 1.06 bits per heavy atom. The molecule has 0 unspecified atom stereocenters. The molecule has 0 aliphatic heterocycles. The Balaban J connectivity index is 0.000000411. The van der Waals surface area contributed by atoms with Crippen molar-refractivity contribution >= 4 is 35.5 Å². The van der Waals surface area contributed by atoms with Gasteiger partial charge in [-0.2, -0.15) is 0 Å². The average molecular weight is 493 g/mol. The van der Waals surface area contributed by atoms with Crippen molar-refractivity contribution in [1.29, 1.82) is 0 Å². The Morgan fingerprint density at radius 2 is 1.68 bits per heavy atom. The predicted molar refractivity (Wildman–Crippen MR) is 129 cm³/mol. The van der Waals surface area contributed by atoms with Gasteiger partial charge >= 0.3 is 11.9 Å². The zero-order valence-corrected chi connectivity index (χ0v) is 19.1. The summed E-state index contributed by atoms with van der Waals surface area (Å²) < 4.78 is 2.79. The summed E-state index contributed by atoms with van der Waals surface area (Å²) in [6, 6.07) is 13.8. The summed E-state index contributed by atoms with van der Waals surface area (Å²) in [4.78, 5) is 36.1. The van der Waals surface area contributed by atoms with Crippen LogP contribution in [-0.4, -0.2) is 51.7 Å². The molecule has 0 fully saturated rings. The fourth-order valence-corrected chi connectivity index (χ4v) is 3.35. The molecule has 0 aromatic heterocycles. The summed E-state index contributed by atoms with van der Waals surface area (Å²) in [7, 11) is 0. The van der Waals surface area contributed by atoms with E-state index >= 15 is 0 Å². The van der Waals surface area contributed by atoms with Crippen LogP contribution in [0.3, 0.4) is 0 Å². The van der Waals surface area contributed by atoms with E-state index in [-0.39, 0.29) is 11.6 Å². The SMILES string of the molecule is NC(N)=NCCC[C@H](N)C(=O)O.O=C(O)[C@H](Cc1ccccc1)NSc1ccccc1[N+](=O)[O-]. The van der Waals surface area contributed by atoms with E-state index in [1.807, 2.05) is 30.3 Å². The van der Waals surface area contributed by atoms with Crippen molar-refractivity contribution in [3.05, 3.63) is 70.3 Å². The molecule has 0 spiro atoms. The number of benzene rings is 2. The highest BCUT2D eigenvalue weighted by Crippen LogP contribution is 2.27. The van der Waals surface area contributed by atoms with Crippen LogP contribution in [0.1, 0.15) is 18.4 Å². The van der Waals surface area contributed by atoms with Gasteiger partial charge in [0.1, 0.15) is 17.0 Å². The molecule has 0 aliphatic rings. The molecule has 2 rings (SSSR count). The number of hydrogen-bond acceptors (Lipinski definition) is 8. The maximum absolute atomic E-state index is 11.3. The van der Waals surface area contributed by atoms with Crippen LogP contribution >= 0.6 is 11.9 Å². The van der Waals surface area contributed by atoms with Crippen molar-refractivity contribution in [3.8, 4) is 0 Å². The van der Waals surface area contributed by atoms with Crippen LogP contribution in [0.4, 0.5) is 5.69 Å². The van der Waals surface area contributed by atoms with Gasteiger partial charge in [-0.15, -0.1) is 0 Å². The summed E-state index contributed by atoms with van der Waals surface area (Å²) in [5, 5.41) is 28.6. The lowest BCUT2D eigenvalue weighted by atomic mass is 10.1. The molecule has 2 aromatic carbocycles. The molecule has 13 heteroatoms. The minimum atomic E-state index is -1.00. The minimum absolute atomic E-state index is 0.0129. The molecular formula is C21H28N6O6S. The van der Waals surface area contributed by atoms with Gasteiger partial charge in [-0.05, 0) is 42.8 Å². The summed E-state index contributed by atoms with van der Waals surface area (Å²) in [5.41, 5.74) is 16.1. The summed E-state index contributed by atoms with van der Waals surface area (Å²) in [6.07, 6.45) is 1.25. The molecule has 2 aromatic rings. The number of carboxylic acid groups (broad SMARTS) is 2. The second-order valence-electron chi connectivity index (χ2n) is 6.92. The van der Waals surface area contributed by atoms with Crippen molar-refractivity contribution in [2.75, 3.05) is 6.54 Å². The van der Waals surface area contributed by atoms with Gasteiger partial charge < -0.3 is 27.4 Å². The van der Waals surface area contributed by atoms with E-state index in [2.05, 4.69) is 9.71 Å². The Bertz CT molecular complexity index is 971. The summed E-state index contributed by atoms with van der Waals surface area (Å²) in [6.45, 7) is 0.420. The van der Waals surface area contributed by atoms with E-state index in [9.17, 15) is 24.8 Å².